The molecule has 0 radical (unpaired) electrons. The van der Waals surface area contributed by atoms with Crippen molar-refractivity contribution in [3.05, 3.63) is 68.7 Å². The van der Waals surface area contributed by atoms with E-state index in [2.05, 4.69) is 32.9 Å². The van der Waals surface area contributed by atoms with Crippen molar-refractivity contribution >= 4 is 33.0 Å². The van der Waals surface area contributed by atoms with Crippen LogP contribution in [0.5, 0.6) is 5.75 Å². The number of nitriles is 1. The van der Waals surface area contributed by atoms with E-state index in [1.807, 2.05) is 37.3 Å². The standard InChI is InChI=1S/C21H19BrN4O2/c1-3-14(2)20-25-19-9-6-16(22)12-18(19)21(27)26(20)24-13-15-4-7-17(8-5-15)28-11-10-23/h4-9,12-14H,3,11H2,1-2H3/t14-/m0/s1. The van der Waals surface area contributed by atoms with Crippen molar-refractivity contribution < 1.29 is 4.74 Å². The van der Waals surface area contributed by atoms with E-state index in [0.717, 1.165) is 16.5 Å². The zero-order valence-corrected chi connectivity index (χ0v) is 17.2. The summed E-state index contributed by atoms with van der Waals surface area (Å²) in [6.45, 7) is 4.08. The van der Waals surface area contributed by atoms with E-state index in [9.17, 15) is 4.79 Å². The Morgan fingerprint density at radius 2 is 2.07 bits per heavy atom. The quantitative estimate of drug-likeness (QED) is 0.532. The Balaban J connectivity index is 2.03. The smallest absolute Gasteiger partial charge is 0.282 e. The molecule has 0 aliphatic rings. The van der Waals surface area contributed by atoms with Gasteiger partial charge in [0.25, 0.3) is 5.56 Å². The van der Waals surface area contributed by atoms with Crippen molar-refractivity contribution in [2.45, 2.75) is 26.2 Å². The molecule has 3 aromatic rings. The highest BCUT2D eigenvalue weighted by atomic mass is 79.9. The molecule has 28 heavy (non-hydrogen) atoms. The van der Waals surface area contributed by atoms with Gasteiger partial charge in [-0.25, -0.2) is 4.98 Å². The van der Waals surface area contributed by atoms with E-state index < -0.39 is 0 Å². The lowest BCUT2D eigenvalue weighted by molar-refractivity contribution is 0.368. The third kappa shape index (κ3) is 4.29. The van der Waals surface area contributed by atoms with Gasteiger partial charge in [-0.2, -0.15) is 15.0 Å². The second-order valence-corrected chi connectivity index (χ2v) is 7.23. The van der Waals surface area contributed by atoms with Crippen LogP contribution < -0.4 is 10.3 Å². The molecule has 7 heteroatoms. The Morgan fingerprint density at radius 1 is 1.32 bits per heavy atom. The lowest BCUT2D eigenvalue weighted by Crippen LogP contribution is -2.23. The van der Waals surface area contributed by atoms with Crippen LogP contribution >= 0.6 is 15.9 Å². The highest BCUT2D eigenvalue weighted by Crippen LogP contribution is 2.21. The second kappa shape index (κ2) is 8.81. The number of halogens is 1. The van der Waals surface area contributed by atoms with E-state index in [1.165, 1.54) is 4.68 Å². The summed E-state index contributed by atoms with van der Waals surface area (Å²) in [6.07, 6.45) is 2.46. The fourth-order valence-corrected chi connectivity index (χ4v) is 3.03. The zero-order chi connectivity index (χ0) is 20.1. The molecule has 1 atom stereocenters. The zero-order valence-electron chi connectivity index (χ0n) is 15.6. The third-order valence-corrected chi connectivity index (χ3v) is 4.89. The average molecular weight is 439 g/mol. The fourth-order valence-electron chi connectivity index (χ4n) is 2.67. The molecule has 0 bridgehead atoms. The maximum Gasteiger partial charge on any atom is 0.282 e. The Morgan fingerprint density at radius 3 is 2.75 bits per heavy atom. The van der Waals surface area contributed by atoms with Gasteiger partial charge in [-0.3, -0.25) is 4.79 Å². The van der Waals surface area contributed by atoms with E-state index in [4.69, 9.17) is 10.00 Å². The molecule has 0 aliphatic heterocycles. The Labute approximate surface area is 171 Å². The molecule has 142 valence electrons. The van der Waals surface area contributed by atoms with E-state index >= 15 is 0 Å². The molecule has 1 heterocycles. The van der Waals surface area contributed by atoms with Crippen LogP contribution in [-0.4, -0.2) is 22.5 Å². The van der Waals surface area contributed by atoms with Gasteiger partial charge in [0.15, 0.2) is 6.61 Å². The van der Waals surface area contributed by atoms with Crippen molar-refractivity contribution in [3.8, 4) is 11.8 Å². The molecule has 2 aromatic carbocycles. The largest absolute Gasteiger partial charge is 0.479 e. The highest BCUT2D eigenvalue weighted by Gasteiger charge is 2.15. The predicted molar refractivity (Wildman–Crippen MR) is 113 cm³/mol. The molecule has 0 saturated heterocycles. The van der Waals surface area contributed by atoms with Crippen LogP contribution in [0.4, 0.5) is 0 Å². The summed E-state index contributed by atoms with van der Waals surface area (Å²) in [7, 11) is 0. The lowest BCUT2D eigenvalue weighted by atomic mass is 10.1. The van der Waals surface area contributed by atoms with Crippen molar-refractivity contribution in [2.24, 2.45) is 5.10 Å². The van der Waals surface area contributed by atoms with Crippen LogP contribution in [-0.2, 0) is 0 Å². The van der Waals surface area contributed by atoms with Crippen LogP contribution in [0.3, 0.4) is 0 Å². The number of hydrogen-bond acceptors (Lipinski definition) is 5. The van der Waals surface area contributed by atoms with Crippen molar-refractivity contribution in [1.29, 1.82) is 5.26 Å². The maximum absolute atomic E-state index is 13.1. The average Bonchev–Trinajstić information content (AvgIpc) is 2.72. The van der Waals surface area contributed by atoms with Gasteiger partial charge in [-0.15, -0.1) is 0 Å². The molecule has 0 saturated carbocycles. The van der Waals surface area contributed by atoms with E-state index in [-0.39, 0.29) is 18.1 Å². The van der Waals surface area contributed by atoms with Gasteiger partial charge in [0.05, 0.1) is 17.1 Å². The Bertz CT molecular complexity index is 1110. The minimum atomic E-state index is -0.202. The van der Waals surface area contributed by atoms with Gasteiger partial charge >= 0.3 is 0 Å². The minimum absolute atomic E-state index is 0.000581. The van der Waals surface area contributed by atoms with Gasteiger partial charge in [0, 0.05) is 10.4 Å². The molecule has 1 aromatic heterocycles. The number of nitrogens with zero attached hydrogens (tertiary/aromatic N) is 4. The molecule has 0 N–H and O–H groups in total. The Kier molecular flexibility index (Phi) is 6.22. The van der Waals surface area contributed by atoms with Crippen LogP contribution in [0.2, 0.25) is 0 Å². The van der Waals surface area contributed by atoms with E-state index in [0.29, 0.717) is 22.5 Å². The fraction of sp³-hybridized carbons (Fsp3) is 0.238. The molecule has 3 rings (SSSR count). The van der Waals surface area contributed by atoms with Gasteiger partial charge in [0.2, 0.25) is 0 Å². The Hall–Kier alpha value is -2.98. The number of benzene rings is 2. The second-order valence-electron chi connectivity index (χ2n) is 6.32. The molecule has 0 spiro atoms. The van der Waals surface area contributed by atoms with Crippen molar-refractivity contribution in [2.75, 3.05) is 6.61 Å². The molecular weight excluding hydrogens is 420 g/mol. The van der Waals surface area contributed by atoms with Crippen LogP contribution in [0, 0.1) is 11.3 Å². The third-order valence-electron chi connectivity index (χ3n) is 4.39. The summed E-state index contributed by atoms with van der Waals surface area (Å²) in [5.41, 5.74) is 1.27. The number of fused-ring (bicyclic) bond motifs is 1. The van der Waals surface area contributed by atoms with Gasteiger partial charge < -0.3 is 4.74 Å². The molecule has 0 unspecified atom stereocenters. The first-order valence-electron chi connectivity index (χ1n) is 8.90. The van der Waals surface area contributed by atoms with Crippen LogP contribution in [0.15, 0.2) is 56.8 Å². The first kappa shape index (κ1) is 19.8. The van der Waals surface area contributed by atoms with Gasteiger partial charge in [-0.05, 0) is 54.4 Å². The van der Waals surface area contributed by atoms with Crippen LogP contribution in [0.25, 0.3) is 10.9 Å². The maximum atomic E-state index is 13.1. The number of rotatable bonds is 6. The number of ether oxygens (including phenoxy) is 1. The summed E-state index contributed by atoms with van der Waals surface area (Å²) in [5, 5.41) is 13.5. The molecule has 0 aliphatic carbocycles. The van der Waals surface area contributed by atoms with E-state index in [1.54, 1.807) is 24.4 Å². The molecule has 0 amide bonds. The monoisotopic (exact) mass is 438 g/mol. The topological polar surface area (TPSA) is 80.3 Å². The van der Waals surface area contributed by atoms with Gasteiger partial charge in [0.1, 0.15) is 17.6 Å². The van der Waals surface area contributed by atoms with Crippen LogP contribution in [0.1, 0.15) is 37.6 Å². The normalized spacial score (nSPS) is 12.2. The molecular formula is C21H19BrN4O2. The minimum Gasteiger partial charge on any atom is -0.479 e. The summed E-state index contributed by atoms with van der Waals surface area (Å²) in [5.74, 6) is 1.32. The van der Waals surface area contributed by atoms with Crippen molar-refractivity contribution in [1.82, 2.24) is 9.66 Å². The molecule has 0 fully saturated rings. The number of aromatic nitrogens is 2. The summed E-state index contributed by atoms with van der Waals surface area (Å²) in [4.78, 5) is 17.7. The van der Waals surface area contributed by atoms with Crippen molar-refractivity contribution in [3.63, 3.8) is 0 Å². The summed E-state index contributed by atoms with van der Waals surface area (Å²) in [6, 6.07) is 14.5. The lowest BCUT2D eigenvalue weighted by Gasteiger charge is -2.14. The SMILES string of the molecule is CC[C@H](C)c1nc2ccc(Br)cc2c(=O)n1N=Cc1ccc(OCC#N)cc1. The molecule has 6 nitrogen and oxygen atoms in total. The highest BCUT2D eigenvalue weighted by molar-refractivity contribution is 9.10. The number of hydrogen-bond donors (Lipinski definition) is 0. The summed E-state index contributed by atoms with van der Waals surface area (Å²) >= 11 is 3.41. The summed E-state index contributed by atoms with van der Waals surface area (Å²) < 4.78 is 7.44. The predicted octanol–water partition coefficient (Wildman–Crippen LogP) is 4.46. The first-order chi connectivity index (χ1) is 13.5. The first-order valence-corrected chi connectivity index (χ1v) is 9.69. The van der Waals surface area contributed by atoms with Gasteiger partial charge in [-0.1, -0.05) is 29.8 Å².